The topological polar surface area (TPSA) is 64.6 Å². The van der Waals surface area contributed by atoms with Crippen LogP contribution in [0.5, 0.6) is 0 Å². The lowest BCUT2D eigenvalue weighted by atomic mass is 9.77. The molecular formula is C29H37NO4Si. The van der Waals surface area contributed by atoms with E-state index in [1.807, 2.05) is 36.4 Å². The number of esters is 1. The Balaban J connectivity index is 1.77. The number of nitrogens with one attached hydrogen (secondary N) is 1. The summed E-state index contributed by atoms with van der Waals surface area (Å²) in [5, 5.41) is 5.25. The number of rotatable bonds is 10. The first-order valence-corrected chi connectivity index (χ1v) is 14.1. The maximum atomic E-state index is 12.6. The largest absolute Gasteiger partial charge is 0.469 e. The number of ether oxygens (including phenoxy) is 1. The van der Waals surface area contributed by atoms with Crippen molar-refractivity contribution in [2.75, 3.05) is 20.3 Å². The third-order valence-corrected chi connectivity index (χ3v) is 11.7. The summed E-state index contributed by atoms with van der Waals surface area (Å²) in [7, 11) is -1.23. The SMILES string of the molecule is COC(=O)C[C@]1(CC/C=C/CO[Si](c2ccccc2)(c2ccccc2)C(C)(C)C)C=CCNC1=O. The minimum Gasteiger partial charge on any atom is -0.469 e. The van der Waals surface area contributed by atoms with Crippen molar-refractivity contribution in [1.29, 1.82) is 0 Å². The molecule has 0 unspecified atom stereocenters. The first-order chi connectivity index (χ1) is 16.7. The van der Waals surface area contributed by atoms with Crippen LogP contribution in [0.4, 0.5) is 0 Å². The van der Waals surface area contributed by atoms with Crippen molar-refractivity contribution in [2.45, 2.75) is 45.1 Å². The lowest BCUT2D eigenvalue weighted by molar-refractivity contribution is -0.146. The first kappa shape index (κ1) is 26.6. The molecule has 5 nitrogen and oxygen atoms in total. The molecule has 35 heavy (non-hydrogen) atoms. The number of hydrogen-bond acceptors (Lipinski definition) is 4. The average Bonchev–Trinajstić information content (AvgIpc) is 2.85. The second-order valence-corrected chi connectivity index (χ2v) is 14.3. The van der Waals surface area contributed by atoms with E-state index in [9.17, 15) is 9.59 Å². The maximum absolute atomic E-state index is 12.6. The second-order valence-electron chi connectivity index (χ2n) is 10.0. The third kappa shape index (κ3) is 6.00. The van der Waals surface area contributed by atoms with Gasteiger partial charge in [-0.25, -0.2) is 0 Å². The summed E-state index contributed by atoms with van der Waals surface area (Å²) < 4.78 is 11.7. The van der Waals surface area contributed by atoms with Crippen LogP contribution in [0.2, 0.25) is 5.04 Å². The fourth-order valence-electron chi connectivity index (χ4n) is 4.90. The lowest BCUT2D eigenvalue weighted by Crippen LogP contribution is -2.66. The molecule has 0 bridgehead atoms. The minimum atomic E-state index is -2.58. The highest BCUT2D eigenvalue weighted by atomic mass is 28.4. The van der Waals surface area contributed by atoms with E-state index in [0.29, 0.717) is 26.0 Å². The van der Waals surface area contributed by atoms with Crippen LogP contribution >= 0.6 is 0 Å². The highest BCUT2D eigenvalue weighted by molar-refractivity contribution is 6.99. The van der Waals surface area contributed by atoms with E-state index in [1.54, 1.807) is 0 Å². The minimum absolute atomic E-state index is 0.0399. The van der Waals surface area contributed by atoms with E-state index in [4.69, 9.17) is 9.16 Å². The van der Waals surface area contributed by atoms with Gasteiger partial charge in [-0.15, -0.1) is 0 Å². The molecule has 1 heterocycles. The molecule has 1 aliphatic rings. The van der Waals surface area contributed by atoms with Crippen LogP contribution in [0.25, 0.3) is 0 Å². The number of methoxy groups -OCH3 is 1. The molecule has 6 heteroatoms. The average molecular weight is 492 g/mol. The van der Waals surface area contributed by atoms with E-state index in [-0.39, 0.29) is 23.3 Å². The fourth-order valence-corrected chi connectivity index (χ4v) is 9.41. The number of carbonyl (C=O) groups is 2. The number of carbonyl (C=O) groups excluding carboxylic acids is 2. The highest BCUT2D eigenvalue weighted by Crippen LogP contribution is 2.37. The van der Waals surface area contributed by atoms with Gasteiger partial charge in [-0.05, 0) is 28.3 Å². The molecule has 186 valence electrons. The summed E-state index contributed by atoms with van der Waals surface area (Å²) in [6, 6.07) is 21.1. The van der Waals surface area contributed by atoms with Gasteiger partial charge in [0.05, 0.1) is 25.6 Å². The van der Waals surface area contributed by atoms with Gasteiger partial charge in [-0.3, -0.25) is 9.59 Å². The Morgan fingerprint density at radius 1 is 1.03 bits per heavy atom. The summed E-state index contributed by atoms with van der Waals surface area (Å²) in [6.07, 6.45) is 9.06. The summed E-state index contributed by atoms with van der Waals surface area (Å²) in [5.74, 6) is -0.506. The molecule has 0 saturated carbocycles. The third-order valence-electron chi connectivity index (χ3n) is 6.69. The van der Waals surface area contributed by atoms with E-state index in [2.05, 4.69) is 74.6 Å². The van der Waals surface area contributed by atoms with E-state index in [1.165, 1.54) is 17.5 Å². The van der Waals surface area contributed by atoms with Gasteiger partial charge < -0.3 is 14.5 Å². The van der Waals surface area contributed by atoms with Gasteiger partial charge in [0.15, 0.2) is 0 Å². The van der Waals surface area contributed by atoms with Crippen LogP contribution in [-0.4, -0.2) is 40.5 Å². The van der Waals surface area contributed by atoms with E-state index in [0.717, 1.165) is 0 Å². The van der Waals surface area contributed by atoms with E-state index < -0.39 is 13.7 Å². The molecule has 1 amide bonds. The van der Waals surface area contributed by atoms with Crippen molar-refractivity contribution in [2.24, 2.45) is 5.41 Å². The van der Waals surface area contributed by atoms with Crippen LogP contribution in [0.1, 0.15) is 40.0 Å². The molecule has 2 aromatic carbocycles. The number of hydrogen-bond donors (Lipinski definition) is 1. The van der Waals surface area contributed by atoms with Gasteiger partial charge in [-0.2, -0.15) is 0 Å². The molecule has 0 spiro atoms. The summed E-state index contributed by atoms with van der Waals surface area (Å²) >= 11 is 0. The van der Waals surface area contributed by atoms with Crippen LogP contribution in [0.15, 0.2) is 85.0 Å². The Hall–Kier alpha value is -2.96. The zero-order valence-corrected chi connectivity index (χ0v) is 22.3. The van der Waals surface area contributed by atoms with Gasteiger partial charge >= 0.3 is 5.97 Å². The van der Waals surface area contributed by atoms with Crippen molar-refractivity contribution >= 4 is 30.6 Å². The molecule has 0 fully saturated rings. The smallest absolute Gasteiger partial charge is 0.306 e. The predicted molar refractivity (Wildman–Crippen MR) is 143 cm³/mol. The van der Waals surface area contributed by atoms with Crippen molar-refractivity contribution in [1.82, 2.24) is 5.32 Å². The number of benzene rings is 2. The summed E-state index contributed by atoms with van der Waals surface area (Å²) in [5.41, 5.74) is -0.867. The fraction of sp³-hybridized carbons (Fsp3) is 0.379. The number of allylic oxidation sites excluding steroid dienone is 1. The Bertz CT molecular complexity index is 1000. The van der Waals surface area contributed by atoms with Crippen LogP contribution in [-0.2, 0) is 18.8 Å². The summed E-state index contributed by atoms with van der Waals surface area (Å²) in [4.78, 5) is 24.6. The van der Waals surface area contributed by atoms with Crippen LogP contribution in [0.3, 0.4) is 0 Å². The molecule has 3 rings (SSSR count). The lowest BCUT2D eigenvalue weighted by Gasteiger charge is -2.42. The standard InChI is InChI=1S/C29H37NO4Si/c1-28(2,3)35(24-15-8-5-9-16-24,25-17-10-6-11-18-25)34-22-13-7-12-19-29(23-26(31)33-4)20-14-21-30-27(29)32/h5-11,13-18,20H,12,19,21-23H2,1-4H3,(H,30,32)/b13-7+/t29-/m0/s1. The zero-order chi connectivity index (χ0) is 25.4. The molecule has 0 radical (unpaired) electrons. The van der Waals surface area contributed by atoms with Gasteiger partial charge in [-0.1, -0.05) is 106 Å². The molecule has 1 atom stereocenters. The van der Waals surface area contributed by atoms with E-state index >= 15 is 0 Å². The quantitative estimate of drug-likeness (QED) is 0.308. The highest BCUT2D eigenvalue weighted by Gasteiger charge is 2.49. The van der Waals surface area contributed by atoms with Crippen molar-refractivity contribution in [3.63, 3.8) is 0 Å². The van der Waals surface area contributed by atoms with Gasteiger partial charge in [0, 0.05) is 6.54 Å². The molecule has 1 N–H and O–H groups in total. The number of amides is 1. The molecule has 1 aliphatic heterocycles. The van der Waals surface area contributed by atoms with Crippen LogP contribution in [0, 0.1) is 5.41 Å². The summed E-state index contributed by atoms with van der Waals surface area (Å²) in [6.45, 7) is 7.73. The van der Waals surface area contributed by atoms with Gasteiger partial charge in [0.2, 0.25) is 5.91 Å². The molecule has 0 aromatic heterocycles. The normalized spacial score (nSPS) is 18.5. The Kier molecular flexibility index (Phi) is 8.86. The molecular weight excluding hydrogens is 454 g/mol. The zero-order valence-electron chi connectivity index (χ0n) is 21.3. The maximum Gasteiger partial charge on any atom is 0.306 e. The van der Waals surface area contributed by atoms with Crippen molar-refractivity contribution in [3.05, 3.63) is 85.0 Å². The van der Waals surface area contributed by atoms with Gasteiger partial charge in [0.25, 0.3) is 8.32 Å². The van der Waals surface area contributed by atoms with Crippen molar-refractivity contribution < 1.29 is 18.8 Å². The molecule has 2 aromatic rings. The Morgan fingerprint density at radius 2 is 1.63 bits per heavy atom. The van der Waals surface area contributed by atoms with Gasteiger partial charge in [0.1, 0.15) is 0 Å². The van der Waals surface area contributed by atoms with Crippen LogP contribution < -0.4 is 15.7 Å². The second kappa shape index (κ2) is 11.6. The molecule has 0 saturated heterocycles. The Labute approximate surface area is 210 Å². The monoisotopic (exact) mass is 491 g/mol. The Morgan fingerprint density at radius 3 is 2.14 bits per heavy atom. The molecule has 0 aliphatic carbocycles. The first-order valence-electron chi connectivity index (χ1n) is 12.2. The predicted octanol–water partition coefficient (Wildman–Crippen LogP) is 4.13. The van der Waals surface area contributed by atoms with Crippen molar-refractivity contribution in [3.8, 4) is 0 Å².